The van der Waals surface area contributed by atoms with Crippen LogP contribution >= 0.6 is 0 Å². The molecule has 34 heavy (non-hydrogen) atoms. The van der Waals surface area contributed by atoms with Crippen LogP contribution in [-0.4, -0.2) is 36.3 Å². The first-order valence-electron chi connectivity index (χ1n) is 11.5. The quantitative estimate of drug-likeness (QED) is 0.353. The number of benzene rings is 3. The summed E-state index contributed by atoms with van der Waals surface area (Å²) in [6.07, 6.45) is 2.47. The minimum absolute atomic E-state index is 0.0367. The Bertz CT molecular complexity index is 1120. The van der Waals surface area contributed by atoms with Crippen LogP contribution in [0.25, 0.3) is 0 Å². The number of fused-ring (bicyclic) bond motifs is 1. The van der Waals surface area contributed by atoms with Crippen LogP contribution < -0.4 is 10.1 Å². The first kappa shape index (κ1) is 23.2. The maximum Gasteiger partial charge on any atom is 0.261 e. The summed E-state index contributed by atoms with van der Waals surface area (Å²) in [4.78, 5) is 38.9. The van der Waals surface area contributed by atoms with Gasteiger partial charge >= 0.3 is 0 Å². The molecule has 1 atom stereocenters. The summed E-state index contributed by atoms with van der Waals surface area (Å²) in [6.45, 7) is 0.368. The molecule has 174 valence electrons. The minimum atomic E-state index is -0.252. The Kier molecular flexibility index (Phi) is 7.38. The van der Waals surface area contributed by atoms with Crippen molar-refractivity contribution in [2.75, 3.05) is 13.7 Å². The number of hydrogen-bond donors (Lipinski definition) is 1. The van der Waals surface area contributed by atoms with Gasteiger partial charge in [0.15, 0.2) is 0 Å². The zero-order valence-electron chi connectivity index (χ0n) is 19.2. The first-order valence-corrected chi connectivity index (χ1v) is 11.5. The van der Waals surface area contributed by atoms with Gasteiger partial charge in [-0.15, -0.1) is 0 Å². The second kappa shape index (κ2) is 10.8. The van der Waals surface area contributed by atoms with E-state index in [9.17, 15) is 14.4 Å². The highest BCUT2D eigenvalue weighted by Crippen LogP contribution is 2.25. The summed E-state index contributed by atoms with van der Waals surface area (Å²) < 4.78 is 5.25. The molecule has 0 fully saturated rings. The van der Waals surface area contributed by atoms with Gasteiger partial charge in [0.05, 0.1) is 24.3 Å². The van der Waals surface area contributed by atoms with E-state index in [0.717, 1.165) is 23.3 Å². The van der Waals surface area contributed by atoms with E-state index in [4.69, 9.17) is 4.74 Å². The fourth-order valence-electron chi connectivity index (χ4n) is 4.21. The Morgan fingerprint density at radius 1 is 0.794 bits per heavy atom. The van der Waals surface area contributed by atoms with E-state index in [0.29, 0.717) is 36.9 Å². The maximum atomic E-state index is 12.7. The lowest BCUT2D eigenvalue weighted by molar-refractivity contribution is -0.121. The number of nitrogens with zero attached hydrogens (tertiary/aromatic N) is 1. The van der Waals surface area contributed by atoms with Crippen molar-refractivity contribution >= 4 is 17.7 Å². The highest BCUT2D eigenvalue weighted by Gasteiger charge is 2.34. The third kappa shape index (κ3) is 5.17. The predicted octanol–water partition coefficient (Wildman–Crippen LogP) is 4.76. The van der Waals surface area contributed by atoms with Gasteiger partial charge in [0.2, 0.25) is 5.91 Å². The van der Waals surface area contributed by atoms with Crippen LogP contribution in [0.3, 0.4) is 0 Å². The Hall–Kier alpha value is -3.93. The Balaban J connectivity index is 1.28. The number of rotatable bonds is 10. The number of imide groups is 1. The van der Waals surface area contributed by atoms with E-state index in [1.165, 1.54) is 4.90 Å². The van der Waals surface area contributed by atoms with Gasteiger partial charge in [0.1, 0.15) is 5.75 Å². The van der Waals surface area contributed by atoms with Crippen LogP contribution in [0.2, 0.25) is 0 Å². The second-order valence-corrected chi connectivity index (χ2v) is 8.30. The molecule has 4 rings (SSSR count). The van der Waals surface area contributed by atoms with Crippen LogP contribution in [0.1, 0.15) is 63.6 Å². The largest absolute Gasteiger partial charge is 0.497 e. The van der Waals surface area contributed by atoms with Gasteiger partial charge in [-0.3, -0.25) is 19.3 Å². The van der Waals surface area contributed by atoms with Crippen LogP contribution in [0.5, 0.6) is 5.75 Å². The molecule has 0 aromatic heterocycles. The molecule has 3 aromatic carbocycles. The third-order valence-corrected chi connectivity index (χ3v) is 6.05. The standard InChI is InChI=1S/C28H28N2O4/c1-34-22-17-15-21(16-18-22)26(20-10-4-2-5-11-20)29-25(31)14-6-3-9-19-30-27(32)23-12-7-8-13-24(23)28(30)33/h2,4-5,7-8,10-13,15-18,26H,3,6,9,14,19H2,1H3,(H,29,31)/t26-/m1/s1. The lowest BCUT2D eigenvalue weighted by Gasteiger charge is -2.20. The molecule has 6 heteroatoms. The summed E-state index contributed by atoms with van der Waals surface area (Å²) in [7, 11) is 1.62. The van der Waals surface area contributed by atoms with Crippen LogP contribution in [0, 0.1) is 0 Å². The van der Waals surface area contributed by atoms with Crippen molar-refractivity contribution in [2.24, 2.45) is 0 Å². The highest BCUT2D eigenvalue weighted by molar-refractivity contribution is 6.21. The molecule has 0 spiro atoms. The first-order chi connectivity index (χ1) is 16.6. The maximum absolute atomic E-state index is 12.7. The molecule has 0 bridgehead atoms. The van der Waals surface area contributed by atoms with Crippen molar-refractivity contribution in [3.05, 3.63) is 101 Å². The molecule has 1 N–H and O–H groups in total. The number of hydrogen-bond acceptors (Lipinski definition) is 4. The van der Waals surface area contributed by atoms with E-state index in [-0.39, 0.29) is 23.8 Å². The van der Waals surface area contributed by atoms with Gasteiger partial charge < -0.3 is 10.1 Å². The lowest BCUT2D eigenvalue weighted by Crippen LogP contribution is -2.31. The van der Waals surface area contributed by atoms with E-state index < -0.39 is 0 Å². The van der Waals surface area contributed by atoms with E-state index in [1.54, 1.807) is 31.4 Å². The van der Waals surface area contributed by atoms with Gasteiger partial charge in [-0.1, -0.05) is 61.0 Å². The molecule has 6 nitrogen and oxygen atoms in total. The third-order valence-electron chi connectivity index (χ3n) is 6.05. The number of amides is 3. The van der Waals surface area contributed by atoms with Gasteiger partial charge in [0.25, 0.3) is 11.8 Å². The van der Waals surface area contributed by atoms with Gasteiger partial charge in [-0.25, -0.2) is 0 Å². The lowest BCUT2D eigenvalue weighted by atomic mass is 9.98. The second-order valence-electron chi connectivity index (χ2n) is 8.30. The average molecular weight is 457 g/mol. The van der Waals surface area contributed by atoms with E-state index in [1.807, 2.05) is 54.6 Å². The zero-order valence-corrected chi connectivity index (χ0v) is 19.2. The normalized spacial score (nSPS) is 13.5. The number of ether oxygens (including phenoxy) is 1. The van der Waals surface area contributed by atoms with Crippen LogP contribution in [0.4, 0.5) is 0 Å². The zero-order chi connectivity index (χ0) is 23.9. The van der Waals surface area contributed by atoms with Crippen molar-refractivity contribution in [1.29, 1.82) is 0 Å². The summed E-state index contributed by atoms with van der Waals surface area (Å²) >= 11 is 0. The predicted molar refractivity (Wildman–Crippen MR) is 130 cm³/mol. The van der Waals surface area contributed by atoms with Crippen molar-refractivity contribution in [2.45, 2.75) is 31.7 Å². The smallest absolute Gasteiger partial charge is 0.261 e. The summed E-state index contributed by atoms with van der Waals surface area (Å²) in [5.74, 6) is 0.262. The number of methoxy groups -OCH3 is 1. The molecule has 1 aliphatic rings. The summed E-state index contributed by atoms with van der Waals surface area (Å²) in [5.41, 5.74) is 2.92. The summed E-state index contributed by atoms with van der Waals surface area (Å²) in [6, 6.07) is 24.2. The monoisotopic (exact) mass is 456 g/mol. The number of carbonyl (C=O) groups is 3. The van der Waals surface area contributed by atoms with E-state index >= 15 is 0 Å². The molecule has 0 saturated carbocycles. The molecule has 1 heterocycles. The van der Waals surface area contributed by atoms with Crippen molar-refractivity contribution in [3.63, 3.8) is 0 Å². The number of unbranched alkanes of at least 4 members (excludes halogenated alkanes) is 2. The Morgan fingerprint density at radius 3 is 2.00 bits per heavy atom. The van der Waals surface area contributed by atoms with Gasteiger partial charge in [-0.2, -0.15) is 0 Å². The molecular formula is C28H28N2O4. The van der Waals surface area contributed by atoms with Crippen LogP contribution in [-0.2, 0) is 4.79 Å². The molecule has 3 aromatic rings. The molecule has 0 radical (unpaired) electrons. The van der Waals surface area contributed by atoms with Gasteiger partial charge in [0, 0.05) is 13.0 Å². The van der Waals surface area contributed by atoms with Crippen molar-refractivity contribution in [1.82, 2.24) is 10.2 Å². The topological polar surface area (TPSA) is 75.7 Å². The number of carbonyl (C=O) groups excluding carboxylic acids is 3. The van der Waals surface area contributed by atoms with Crippen molar-refractivity contribution in [3.8, 4) is 5.75 Å². The van der Waals surface area contributed by atoms with Crippen LogP contribution in [0.15, 0.2) is 78.9 Å². The molecule has 0 aliphatic carbocycles. The number of nitrogens with one attached hydrogen (secondary N) is 1. The fraction of sp³-hybridized carbons (Fsp3) is 0.250. The molecule has 1 aliphatic heterocycles. The fourth-order valence-corrected chi connectivity index (χ4v) is 4.21. The Morgan fingerprint density at radius 2 is 1.38 bits per heavy atom. The van der Waals surface area contributed by atoms with E-state index in [2.05, 4.69) is 5.32 Å². The molecule has 0 saturated heterocycles. The average Bonchev–Trinajstić information content (AvgIpc) is 3.12. The highest BCUT2D eigenvalue weighted by atomic mass is 16.5. The molecular weight excluding hydrogens is 428 g/mol. The minimum Gasteiger partial charge on any atom is -0.497 e. The Labute approximate surface area is 199 Å². The van der Waals surface area contributed by atoms with Crippen molar-refractivity contribution < 1.29 is 19.1 Å². The molecule has 3 amide bonds. The molecule has 0 unspecified atom stereocenters. The SMILES string of the molecule is COc1ccc([C@H](NC(=O)CCCCCN2C(=O)c3ccccc3C2=O)c2ccccc2)cc1. The van der Waals surface area contributed by atoms with Gasteiger partial charge in [-0.05, 0) is 48.2 Å². The summed E-state index contributed by atoms with van der Waals surface area (Å²) in [5, 5.41) is 3.15.